The number of hydrogen-bond acceptors (Lipinski definition) is 2. The van der Waals surface area contributed by atoms with E-state index in [2.05, 4.69) is 0 Å². The van der Waals surface area contributed by atoms with E-state index in [1.54, 1.807) is 13.0 Å². The molecule has 0 fully saturated rings. The first-order valence-corrected chi connectivity index (χ1v) is 4.60. The van der Waals surface area contributed by atoms with Crippen molar-refractivity contribution < 1.29 is 18.7 Å². The third-order valence-electron chi connectivity index (χ3n) is 2.18. The fraction of sp³-hybridized carbons (Fsp3) is 0.364. The molecule has 0 saturated heterocycles. The molecule has 0 amide bonds. The van der Waals surface area contributed by atoms with Crippen molar-refractivity contribution in [2.75, 3.05) is 0 Å². The minimum absolute atomic E-state index is 0.299. The molecule has 0 aliphatic heterocycles. The van der Waals surface area contributed by atoms with E-state index in [0.29, 0.717) is 24.0 Å². The lowest BCUT2D eigenvalue weighted by Crippen LogP contribution is -1.94. The highest BCUT2D eigenvalue weighted by atomic mass is 19.3. The van der Waals surface area contributed by atoms with Gasteiger partial charge in [0.05, 0.1) is 5.56 Å². The second-order valence-corrected chi connectivity index (χ2v) is 3.36. The van der Waals surface area contributed by atoms with Crippen molar-refractivity contribution in [3.63, 3.8) is 0 Å². The van der Waals surface area contributed by atoms with Crippen LogP contribution in [0.2, 0.25) is 0 Å². The number of rotatable bonds is 4. The summed E-state index contributed by atoms with van der Waals surface area (Å²) in [6, 6.07) is 2.86. The highest BCUT2D eigenvalue weighted by Gasteiger charge is 2.15. The molecule has 0 unspecified atom stereocenters. The second kappa shape index (κ2) is 4.87. The van der Waals surface area contributed by atoms with Crippen LogP contribution in [-0.4, -0.2) is 11.4 Å². The van der Waals surface area contributed by atoms with Gasteiger partial charge in [0.15, 0.2) is 0 Å². The molecule has 0 atom stereocenters. The number of alkyl halides is 2. The van der Waals surface area contributed by atoms with E-state index in [1.807, 2.05) is 0 Å². The first kappa shape index (κ1) is 11.6. The van der Waals surface area contributed by atoms with Gasteiger partial charge in [0.1, 0.15) is 12.0 Å². The van der Waals surface area contributed by atoms with Crippen molar-refractivity contribution in [3.8, 4) is 5.75 Å². The zero-order valence-corrected chi connectivity index (χ0v) is 8.34. The summed E-state index contributed by atoms with van der Waals surface area (Å²) in [6.07, 6.45) is -1.23. The second-order valence-electron chi connectivity index (χ2n) is 3.36. The molecule has 0 spiro atoms. The lowest BCUT2D eigenvalue weighted by atomic mass is 10.0. The fourth-order valence-corrected chi connectivity index (χ4v) is 1.42. The minimum atomic E-state index is -2.69. The average Bonchev–Trinajstić information content (AvgIpc) is 2.19. The van der Waals surface area contributed by atoms with Crippen LogP contribution in [0.5, 0.6) is 5.75 Å². The molecule has 0 saturated carbocycles. The number of aldehydes is 1. The van der Waals surface area contributed by atoms with E-state index in [4.69, 9.17) is 0 Å². The van der Waals surface area contributed by atoms with Gasteiger partial charge >= 0.3 is 0 Å². The van der Waals surface area contributed by atoms with Crippen molar-refractivity contribution >= 4 is 6.29 Å². The van der Waals surface area contributed by atoms with Gasteiger partial charge in [0.25, 0.3) is 6.43 Å². The Morgan fingerprint density at radius 3 is 2.67 bits per heavy atom. The zero-order chi connectivity index (χ0) is 11.4. The fourth-order valence-electron chi connectivity index (χ4n) is 1.42. The summed E-state index contributed by atoms with van der Waals surface area (Å²) in [5, 5.41) is 9.37. The Kier molecular flexibility index (Phi) is 3.77. The van der Waals surface area contributed by atoms with E-state index in [9.17, 15) is 18.7 Å². The highest BCUT2D eigenvalue weighted by molar-refractivity contribution is 5.51. The van der Waals surface area contributed by atoms with Crippen LogP contribution >= 0.6 is 0 Å². The van der Waals surface area contributed by atoms with Crippen molar-refractivity contribution in [3.05, 3.63) is 28.8 Å². The predicted octanol–water partition coefficient (Wildman–Crippen LogP) is 2.77. The Bertz CT molecular complexity index is 362. The van der Waals surface area contributed by atoms with Gasteiger partial charge in [-0.3, -0.25) is 0 Å². The van der Waals surface area contributed by atoms with Gasteiger partial charge in [-0.15, -0.1) is 0 Å². The molecule has 0 bridgehead atoms. The van der Waals surface area contributed by atoms with E-state index in [-0.39, 0.29) is 11.3 Å². The molecule has 1 rings (SSSR count). The molecule has 15 heavy (non-hydrogen) atoms. The average molecular weight is 214 g/mol. The Labute approximate surface area is 86.5 Å². The van der Waals surface area contributed by atoms with Crippen LogP contribution in [0, 0.1) is 6.92 Å². The van der Waals surface area contributed by atoms with E-state index in [0.717, 1.165) is 6.29 Å². The van der Waals surface area contributed by atoms with Crippen molar-refractivity contribution in [2.45, 2.75) is 26.2 Å². The number of carbonyl (C=O) groups is 1. The number of benzene rings is 1. The predicted molar refractivity (Wildman–Crippen MR) is 52.2 cm³/mol. The molecular weight excluding hydrogens is 202 g/mol. The van der Waals surface area contributed by atoms with Gasteiger partial charge < -0.3 is 9.90 Å². The number of aromatic hydroxyl groups is 1. The van der Waals surface area contributed by atoms with Gasteiger partial charge in [-0.05, 0) is 30.5 Å². The van der Waals surface area contributed by atoms with Gasteiger partial charge in [-0.2, -0.15) is 0 Å². The molecule has 1 aromatic rings. The topological polar surface area (TPSA) is 37.3 Å². The summed E-state index contributed by atoms with van der Waals surface area (Å²) in [4.78, 5) is 10.2. The largest absolute Gasteiger partial charge is 0.507 e. The summed E-state index contributed by atoms with van der Waals surface area (Å²) >= 11 is 0. The molecule has 1 aromatic carbocycles. The first-order valence-electron chi connectivity index (χ1n) is 4.60. The number of carbonyl (C=O) groups excluding carboxylic acids is 1. The first-order chi connectivity index (χ1) is 7.06. The molecule has 4 heteroatoms. The van der Waals surface area contributed by atoms with Crippen LogP contribution in [0.1, 0.15) is 29.5 Å². The number of hydrogen-bond donors (Lipinski definition) is 1. The van der Waals surface area contributed by atoms with E-state index >= 15 is 0 Å². The number of aryl methyl sites for hydroxylation is 2. The van der Waals surface area contributed by atoms with Crippen LogP contribution < -0.4 is 0 Å². The van der Waals surface area contributed by atoms with Crippen molar-refractivity contribution in [1.29, 1.82) is 0 Å². The zero-order valence-electron chi connectivity index (χ0n) is 8.34. The smallest absolute Gasteiger partial charge is 0.267 e. The highest BCUT2D eigenvalue weighted by Crippen LogP contribution is 2.32. The lowest BCUT2D eigenvalue weighted by molar-refractivity contribution is -0.107. The van der Waals surface area contributed by atoms with Crippen LogP contribution in [0.25, 0.3) is 0 Å². The molecule has 0 radical (unpaired) electrons. The minimum Gasteiger partial charge on any atom is -0.507 e. The summed E-state index contributed by atoms with van der Waals surface area (Å²) in [5.74, 6) is -0.361. The molecule has 82 valence electrons. The molecule has 0 aliphatic rings. The lowest BCUT2D eigenvalue weighted by Gasteiger charge is -2.09. The third kappa shape index (κ3) is 2.75. The van der Waals surface area contributed by atoms with Crippen LogP contribution in [0.4, 0.5) is 8.78 Å². The van der Waals surface area contributed by atoms with Crippen LogP contribution in [-0.2, 0) is 11.2 Å². The van der Waals surface area contributed by atoms with E-state index < -0.39 is 6.43 Å². The standard InChI is InChI=1S/C11H12F2O2/c1-7-5-8(3-2-4-14)6-9(10(7)15)11(12)13/h4-6,11,15H,2-3H2,1H3. The van der Waals surface area contributed by atoms with Crippen LogP contribution in [0.15, 0.2) is 12.1 Å². The Hall–Kier alpha value is -1.45. The SMILES string of the molecule is Cc1cc(CCC=O)cc(C(F)F)c1O. The summed E-state index contributed by atoms with van der Waals surface area (Å²) in [6.45, 7) is 1.56. The number of phenols is 1. The molecule has 0 heterocycles. The summed E-state index contributed by atoms with van der Waals surface area (Å²) < 4.78 is 25.0. The van der Waals surface area contributed by atoms with E-state index in [1.165, 1.54) is 6.07 Å². The van der Waals surface area contributed by atoms with Gasteiger partial charge in [0.2, 0.25) is 0 Å². The molecule has 0 aromatic heterocycles. The van der Waals surface area contributed by atoms with Gasteiger partial charge in [-0.1, -0.05) is 6.07 Å². The van der Waals surface area contributed by atoms with Crippen molar-refractivity contribution in [1.82, 2.24) is 0 Å². The summed E-state index contributed by atoms with van der Waals surface area (Å²) in [7, 11) is 0. The van der Waals surface area contributed by atoms with Gasteiger partial charge in [-0.25, -0.2) is 8.78 Å². The maximum atomic E-state index is 12.5. The Morgan fingerprint density at radius 1 is 1.47 bits per heavy atom. The maximum Gasteiger partial charge on any atom is 0.267 e. The monoisotopic (exact) mass is 214 g/mol. The normalized spacial score (nSPS) is 10.7. The van der Waals surface area contributed by atoms with Gasteiger partial charge in [0, 0.05) is 6.42 Å². The van der Waals surface area contributed by atoms with Crippen molar-refractivity contribution in [2.24, 2.45) is 0 Å². The Morgan fingerprint density at radius 2 is 2.13 bits per heavy atom. The molecule has 2 nitrogen and oxygen atoms in total. The maximum absolute atomic E-state index is 12.5. The molecule has 0 aliphatic carbocycles. The third-order valence-corrected chi connectivity index (χ3v) is 2.18. The molecule has 1 N–H and O–H groups in total. The Balaban J connectivity index is 3.05. The summed E-state index contributed by atoms with van der Waals surface area (Å²) in [5.41, 5.74) is 0.692. The number of halogens is 2. The van der Waals surface area contributed by atoms with Crippen LogP contribution in [0.3, 0.4) is 0 Å². The quantitative estimate of drug-likeness (QED) is 0.782. The molecular formula is C11H12F2O2. The number of phenolic OH excluding ortho intramolecular Hbond substituents is 1.